The summed E-state index contributed by atoms with van der Waals surface area (Å²) >= 11 is 0. The van der Waals surface area contributed by atoms with E-state index in [0.29, 0.717) is 19.8 Å². The first-order chi connectivity index (χ1) is 9.15. The van der Waals surface area contributed by atoms with Crippen LogP contribution >= 0.6 is 0 Å². The monoisotopic (exact) mass is 273 g/mol. The van der Waals surface area contributed by atoms with Crippen molar-refractivity contribution in [2.45, 2.75) is 58.9 Å². The Morgan fingerprint density at radius 2 is 1.74 bits per heavy atom. The third-order valence-electron chi connectivity index (χ3n) is 2.62. The minimum Gasteiger partial charge on any atom is -0.466 e. The SMILES string of the molecule is CCCCNC(CC(=O)OCC)C(=O)OCCCC. The van der Waals surface area contributed by atoms with Gasteiger partial charge in [0, 0.05) is 0 Å². The van der Waals surface area contributed by atoms with Gasteiger partial charge >= 0.3 is 11.9 Å². The second kappa shape index (κ2) is 12.0. The number of carbonyl (C=O) groups is 2. The van der Waals surface area contributed by atoms with Gasteiger partial charge in [0.15, 0.2) is 0 Å². The Balaban J connectivity index is 4.21. The molecule has 0 aliphatic rings. The van der Waals surface area contributed by atoms with Crippen molar-refractivity contribution in [3.8, 4) is 0 Å². The van der Waals surface area contributed by atoms with Crippen LogP contribution in [0, 0.1) is 0 Å². The summed E-state index contributed by atoms with van der Waals surface area (Å²) < 4.78 is 10.0. The predicted molar refractivity (Wildman–Crippen MR) is 73.8 cm³/mol. The molecule has 19 heavy (non-hydrogen) atoms. The molecule has 0 spiro atoms. The minimum absolute atomic E-state index is 0.0303. The number of hydrogen-bond acceptors (Lipinski definition) is 5. The van der Waals surface area contributed by atoms with Crippen molar-refractivity contribution in [2.75, 3.05) is 19.8 Å². The lowest BCUT2D eigenvalue weighted by Crippen LogP contribution is -2.40. The van der Waals surface area contributed by atoms with Gasteiger partial charge in [-0.3, -0.25) is 9.59 Å². The molecule has 0 aromatic rings. The topological polar surface area (TPSA) is 64.6 Å². The zero-order chi connectivity index (χ0) is 14.5. The summed E-state index contributed by atoms with van der Waals surface area (Å²) in [5.41, 5.74) is 0. The number of carbonyl (C=O) groups excluding carboxylic acids is 2. The minimum atomic E-state index is -0.595. The fourth-order valence-corrected chi connectivity index (χ4v) is 1.50. The van der Waals surface area contributed by atoms with E-state index >= 15 is 0 Å². The van der Waals surface area contributed by atoms with Crippen LogP contribution in [0.5, 0.6) is 0 Å². The summed E-state index contributed by atoms with van der Waals surface area (Å²) in [6.07, 6.45) is 3.83. The van der Waals surface area contributed by atoms with E-state index in [1.54, 1.807) is 6.92 Å². The maximum absolute atomic E-state index is 11.9. The van der Waals surface area contributed by atoms with Gasteiger partial charge in [-0.05, 0) is 26.3 Å². The Hall–Kier alpha value is -1.10. The molecule has 5 nitrogen and oxygen atoms in total. The molecule has 5 heteroatoms. The molecule has 1 atom stereocenters. The highest BCUT2D eigenvalue weighted by atomic mass is 16.5. The van der Waals surface area contributed by atoms with Crippen molar-refractivity contribution in [1.82, 2.24) is 5.32 Å². The van der Waals surface area contributed by atoms with Gasteiger partial charge in [-0.25, -0.2) is 0 Å². The van der Waals surface area contributed by atoms with Crippen molar-refractivity contribution < 1.29 is 19.1 Å². The molecule has 0 fully saturated rings. The van der Waals surface area contributed by atoms with E-state index in [4.69, 9.17) is 9.47 Å². The van der Waals surface area contributed by atoms with Gasteiger partial charge in [-0.1, -0.05) is 26.7 Å². The van der Waals surface area contributed by atoms with E-state index in [0.717, 1.165) is 25.7 Å². The van der Waals surface area contributed by atoms with Crippen molar-refractivity contribution in [1.29, 1.82) is 0 Å². The van der Waals surface area contributed by atoms with Crippen LogP contribution in [-0.4, -0.2) is 37.7 Å². The molecule has 0 rings (SSSR count). The van der Waals surface area contributed by atoms with Gasteiger partial charge < -0.3 is 14.8 Å². The summed E-state index contributed by atoms with van der Waals surface area (Å²) in [4.78, 5) is 23.3. The predicted octanol–water partition coefficient (Wildman–Crippen LogP) is 2.04. The lowest BCUT2D eigenvalue weighted by atomic mass is 10.2. The third-order valence-corrected chi connectivity index (χ3v) is 2.62. The van der Waals surface area contributed by atoms with E-state index in [1.165, 1.54) is 0 Å². The van der Waals surface area contributed by atoms with Crippen LogP contribution in [0.3, 0.4) is 0 Å². The van der Waals surface area contributed by atoms with Crippen LogP contribution in [0.1, 0.15) is 52.9 Å². The summed E-state index contributed by atoms with van der Waals surface area (Å²) in [7, 11) is 0. The third kappa shape index (κ3) is 9.47. The molecule has 0 aromatic heterocycles. The largest absolute Gasteiger partial charge is 0.466 e. The van der Waals surface area contributed by atoms with Crippen LogP contribution < -0.4 is 5.32 Å². The van der Waals surface area contributed by atoms with E-state index in [2.05, 4.69) is 12.2 Å². The van der Waals surface area contributed by atoms with E-state index in [1.807, 2.05) is 6.92 Å². The van der Waals surface area contributed by atoms with E-state index in [9.17, 15) is 9.59 Å². The molecule has 0 aliphatic heterocycles. The van der Waals surface area contributed by atoms with Crippen molar-refractivity contribution in [3.63, 3.8) is 0 Å². The van der Waals surface area contributed by atoms with Gasteiger partial charge in [-0.15, -0.1) is 0 Å². The summed E-state index contributed by atoms with van der Waals surface area (Å²) in [5.74, 6) is -0.735. The highest BCUT2D eigenvalue weighted by molar-refractivity contribution is 5.82. The Morgan fingerprint density at radius 1 is 1.05 bits per heavy atom. The first-order valence-electron chi connectivity index (χ1n) is 7.21. The molecule has 0 heterocycles. The van der Waals surface area contributed by atoms with Gasteiger partial charge in [0.05, 0.1) is 19.6 Å². The van der Waals surface area contributed by atoms with Crippen molar-refractivity contribution in [2.24, 2.45) is 0 Å². The number of esters is 2. The molecule has 112 valence electrons. The Bertz CT molecular complexity index is 256. The van der Waals surface area contributed by atoms with Gasteiger partial charge in [0.25, 0.3) is 0 Å². The number of ether oxygens (including phenoxy) is 2. The van der Waals surface area contributed by atoms with Crippen LogP contribution in [0.25, 0.3) is 0 Å². The first-order valence-corrected chi connectivity index (χ1v) is 7.21. The van der Waals surface area contributed by atoms with Crippen LogP contribution in [0.2, 0.25) is 0 Å². The zero-order valence-corrected chi connectivity index (χ0v) is 12.4. The standard InChI is InChI=1S/C14H27NO4/c1-4-7-9-15-12(11-13(16)18-6-3)14(17)19-10-8-5-2/h12,15H,4-11H2,1-3H3. The number of hydrogen-bond donors (Lipinski definition) is 1. The Kier molecular flexibility index (Phi) is 11.3. The second-order valence-corrected chi connectivity index (χ2v) is 4.39. The summed E-state index contributed by atoms with van der Waals surface area (Å²) in [5, 5.41) is 3.06. The lowest BCUT2D eigenvalue weighted by molar-refractivity contribution is -0.152. The van der Waals surface area contributed by atoms with Crippen LogP contribution in [0.4, 0.5) is 0 Å². The highest BCUT2D eigenvalue weighted by Gasteiger charge is 2.23. The van der Waals surface area contributed by atoms with Gasteiger partial charge in [-0.2, -0.15) is 0 Å². The van der Waals surface area contributed by atoms with E-state index in [-0.39, 0.29) is 18.4 Å². The Morgan fingerprint density at radius 3 is 2.32 bits per heavy atom. The smallest absolute Gasteiger partial charge is 0.323 e. The quantitative estimate of drug-likeness (QED) is 0.461. The molecule has 0 saturated carbocycles. The summed E-state index contributed by atoms with van der Waals surface area (Å²) in [6.45, 7) is 7.28. The number of nitrogens with one attached hydrogen (secondary N) is 1. The normalized spacial score (nSPS) is 11.9. The van der Waals surface area contributed by atoms with Crippen molar-refractivity contribution in [3.05, 3.63) is 0 Å². The highest BCUT2D eigenvalue weighted by Crippen LogP contribution is 2.01. The fourth-order valence-electron chi connectivity index (χ4n) is 1.50. The molecule has 0 bridgehead atoms. The zero-order valence-electron chi connectivity index (χ0n) is 12.4. The maximum Gasteiger partial charge on any atom is 0.323 e. The molecule has 0 radical (unpaired) electrons. The number of unbranched alkanes of at least 4 members (excludes halogenated alkanes) is 2. The second-order valence-electron chi connectivity index (χ2n) is 4.39. The molecule has 0 aliphatic carbocycles. The molecular weight excluding hydrogens is 246 g/mol. The average Bonchev–Trinajstić information content (AvgIpc) is 2.38. The lowest BCUT2D eigenvalue weighted by Gasteiger charge is -2.16. The average molecular weight is 273 g/mol. The van der Waals surface area contributed by atoms with Crippen LogP contribution in [0.15, 0.2) is 0 Å². The number of rotatable bonds is 11. The van der Waals surface area contributed by atoms with Crippen molar-refractivity contribution >= 4 is 11.9 Å². The van der Waals surface area contributed by atoms with Crippen LogP contribution in [-0.2, 0) is 19.1 Å². The fraction of sp³-hybridized carbons (Fsp3) is 0.857. The molecule has 1 N–H and O–H groups in total. The molecular formula is C14H27NO4. The summed E-state index contributed by atoms with van der Waals surface area (Å²) in [6, 6.07) is -0.595. The first kappa shape index (κ1) is 17.9. The van der Waals surface area contributed by atoms with E-state index < -0.39 is 6.04 Å². The molecule has 1 unspecified atom stereocenters. The molecule has 0 saturated heterocycles. The maximum atomic E-state index is 11.9. The van der Waals surface area contributed by atoms with Gasteiger partial charge in [0.2, 0.25) is 0 Å². The molecule has 0 amide bonds. The molecule has 0 aromatic carbocycles. The van der Waals surface area contributed by atoms with Gasteiger partial charge in [0.1, 0.15) is 6.04 Å². The Labute approximate surface area is 116 Å².